The Balaban J connectivity index is 0.00000222. The Hall–Kier alpha value is -3.46. The van der Waals surface area contributed by atoms with E-state index < -0.39 is 0 Å². The van der Waals surface area contributed by atoms with Gasteiger partial charge in [0.05, 0.1) is 0 Å². The summed E-state index contributed by atoms with van der Waals surface area (Å²) in [5, 5.41) is 9.31. The minimum atomic E-state index is 0.250. The summed E-state index contributed by atoms with van der Waals surface area (Å²) in [6, 6.07) is 10.4. The van der Waals surface area contributed by atoms with Crippen LogP contribution in [0.3, 0.4) is 0 Å². The fraction of sp³-hybridized carbons (Fsp3) is 0.333. The maximum Gasteiger partial charge on any atom is 0.168 e. The topological polar surface area (TPSA) is 30.7 Å². The average molecular weight is 482 g/mol. The van der Waals surface area contributed by atoms with Crippen LogP contribution in [-0.4, -0.2) is 14.8 Å². The van der Waals surface area contributed by atoms with Crippen LogP contribution in [0.1, 0.15) is 72.5 Å². The van der Waals surface area contributed by atoms with Crippen LogP contribution in [0.5, 0.6) is 0 Å². The van der Waals surface area contributed by atoms with Crippen LogP contribution in [0, 0.1) is 11.3 Å². The molecule has 1 aromatic heterocycles. The normalized spacial score (nSPS) is 16.6. The van der Waals surface area contributed by atoms with E-state index in [2.05, 4.69) is 110 Å². The van der Waals surface area contributed by atoms with Crippen LogP contribution in [0.25, 0.3) is 16.8 Å². The average Bonchev–Trinajstić information content (AvgIpc) is 3.25. The number of rotatable bonds is 9. The monoisotopic (exact) mass is 481 g/mol. The molecule has 190 valence electrons. The summed E-state index contributed by atoms with van der Waals surface area (Å²) in [5.74, 6) is 2.01. The van der Waals surface area contributed by atoms with Crippen molar-refractivity contribution in [1.29, 1.82) is 0 Å². The molecule has 1 unspecified atom stereocenters. The van der Waals surface area contributed by atoms with Gasteiger partial charge in [0, 0.05) is 17.2 Å². The molecule has 0 bridgehead atoms. The molecule has 1 aromatic carbocycles. The molecule has 1 aliphatic carbocycles. The molecule has 0 fully saturated rings. The lowest BCUT2D eigenvalue weighted by molar-refractivity contribution is 0.379. The van der Waals surface area contributed by atoms with E-state index in [0.717, 1.165) is 47.7 Å². The number of para-hydroxylation sites is 1. The lowest BCUT2D eigenvalue weighted by atomic mass is 9.86. The molecule has 0 saturated heterocycles. The summed E-state index contributed by atoms with van der Waals surface area (Å²) >= 11 is 0. The van der Waals surface area contributed by atoms with Gasteiger partial charge in [0.1, 0.15) is 0 Å². The number of aromatic nitrogens is 3. The van der Waals surface area contributed by atoms with Crippen LogP contribution in [0.2, 0.25) is 0 Å². The number of allylic oxidation sites excluding steroid dienone is 12. The highest BCUT2D eigenvalue weighted by Gasteiger charge is 2.21. The highest BCUT2D eigenvalue weighted by atomic mass is 15.3. The van der Waals surface area contributed by atoms with Gasteiger partial charge in [-0.25, -0.2) is 0 Å². The third kappa shape index (κ3) is 7.78. The molecule has 0 amide bonds. The fourth-order valence-electron chi connectivity index (χ4n) is 4.03. The van der Waals surface area contributed by atoms with Crippen molar-refractivity contribution in [3.8, 4) is 5.69 Å². The van der Waals surface area contributed by atoms with Crippen molar-refractivity contribution in [3.63, 3.8) is 0 Å². The summed E-state index contributed by atoms with van der Waals surface area (Å²) in [7, 11) is 0. The van der Waals surface area contributed by atoms with Crippen LogP contribution < -0.4 is 0 Å². The second kappa shape index (κ2) is 14.2. The minimum Gasteiger partial charge on any atom is -0.275 e. The van der Waals surface area contributed by atoms with Crippen LogP contribution in [-0.2, 0) is 0 Å². The predicted octanol–water partition coefficient (Wildman–Crippen LogP) is 9.34. The maximum atomic E-state index is 4.66. The molecular weight excluding hydrogens is 438 g/mol. The molecule has 0 radical (unpaired) electrons. The van der Waals surface area contributed by atoms with Gasteiger partial charge in [-0.1, -0.05) is 113 Å². The summed E-state index contributed by atoms with van der Waals surface area (Å²) in [6.07, 6.45) is 21.8. The lowest BCUT2D eigenvalue weighted by Crippen LogP contribution is -2.07. The summed E-state index contributed by atoms with van der Waals surface area (Å²) in [4.78, 5) is 0. The molecule has 0 spiro atoms. The first kappa shape index (κ1) is 28.8. The highest BCUT2D eigenvalue weighted by molar-refractivity contribution is 5.73. The second-order valence-corrected chi connectivity index (χ2v) is 9.65. The maximum absolute atomic E-state index is 4.66. The first-order valence-electron chi connectivity index (χ1n) is 13.0. The van der Waals surface area contributed by atoms with Crippen LogP contribution >= 0.6 is 0 Å². The Bertz CT molecular complexity index is 1150. The van der Waals surface area contributed by atoms with Crippen molar-refractivity contribution < 1.29 is 0 Å². The van der Waals surface area contributed by atoms with E-state index in [-0.39, 0.29) is 11.3 Å². The standard InChI is InChI=1S/C31H37N3.C2H6/c1-7-9-11-15-24(3)26(8-2)20-19-25(4)29-32-33-30(34(29)28-17-12-10-13-18-28)27-16-14-22-31(5,6)23-21-27;1-2/h7-19,21,26H,1-2,20,22-23H2,3-6H3;1-2H3/b11-9-,24-15+,25-19+;. The van der Waals surface area contributed by atoms with Crippen molar-refractivity contribution in [2.75, 3.05) is 0 Å². The zero-order valence-corrected chi connectivity index (χ0v) is 23.0. The second-order valence-electron chi connectivity index (χ2n) is 9.65. The first-order valence-corrected chi connectivity index (χ1v) is 13.0. The van der Waals surface area contributed by atoms with Crippen molar-refractivity contribution >= 4 is 11.1 Å². The first-order chi connectivity index (χ1) is 17.4. The van der Waals surface area contributed by atoms with E-state index in [1.807, 2.05) is 38.1 Å². The molecular formula is C33H43N3. The molecule has 3 nitrogen and oxygen atoms in total. The molecule has 1 heterocycles. The molecule has 36 heavy (non-hydrogen) atoms. The van der Waals surface area contributed by atoms with Gasteiger partial charge in [-0.3, -0.25) is 4.57 Å². The summed E-state index contributed by atoms with van der Waals surface area (Å²) < 4.78 is 2.18. The number of hydrogen-bond donors (Lipinski definition) is 0. The Labute approximate surface area is 219 Å². The highest BCUT2D eigenvalue weighted by Crippen LogP contribution is 2.33. The largest absolute Gasteiger partial charge is 0.275 e. The smallest absolute Gasteiger partial charge is 0.168 e. The van der Waals surface area contributed by atoms with Gasteiger partial charge >= 0.3 is 0 Å². The van der Waals surface area contributed by atoms with E-state index in [0.29, 0.717) is 0 Å². The fourth-order valence-corrected chi connectivity index (χ4v) is 4.03. The van der Waals surface area contributed by atoms with Gasteiger partial charge in [-0.05, 0) is 56.2 Å². The zero-order valence-electron chi connectivity index (χ0n) is 23.0. The molecule has 1 aliphatic rings. The number of hydrogen-bond acceptors (Lipinski definition) is 2. The molecule has 0 aliphatic heterocycles. The van der Waals surface area contributed by atoms with E-state index in [9.17, 15) is 0 Å². The van der Waals surface area contributed by atoms with Gasteiger partial charge in [-0.15, -0.1) is 16.8 Å². The van der Waals surface area contributed by atoms with Gasteiger partial charge in [0.25, 0.3) is 0 Å². The van der Waals surface area contributed by atoms with Gasteiger partial charge in [-0.2, -0.15) is 0 Å². The summed E-state index contributed by atoms with van der Waals surface area (Å²) in [5.41, 5.74) is 4.80. The predicted molar refractivity (Wildman–Crippen MR) is 158 cm³/mol. The van der Waals surface area contributed by atoms with Gasteiger partial charge in [0.2, 0.25) is 0 Å². The van der Waals surface area contributed by atoms with Crippen molar-refractivity contribution in [1.82, 2.24) is 14.8 Å². The van der Waals surface area contributed by atoms with Crippen molar-refractivity contribution in [2.45, 2.75) is 60.8 Å². The molecule has 0 N–H and O–H groups in total. The van der Waals surface area contributed by atoms with E-state index in [1.165, 1.54) is 5.57 Å². The Morgan fingerprint density at radius 3 is 2.44 bits per heavy atom. The van der Waals surface area contributed by atoms with Crippen molar-refractivity contribution in [3.05, 3.63) is 115 Å². The molecule has 3 rings (SSSR count). The molecule has 0 saturated carbocycles. The zero-order chi connectivity index (χ0) is 26.6. The Morgan fingerprint density at radius 1 is 1.06 bits per heavy atom. The Kier molecular flexibility index (Phi) is 11.3. The van der Waals surface area contributed by atoms with E-state index >= 15 is 0 Å². The summed E-state index contributed by atoms with van der Waals surface area (Å²) in [6.45, 7) is 20.6. The third-order valence-electron chi connectivity index (χ3n) is 6.28. The van der Waals surface area contributed by atoms with Gasteiger partial charge < -0.3 is 0 Å². The lowest BCUT2D eigenvalue weighted by Gasteiger charge is -2.19. The molecule has 3 heteroatoms. The minimum absolute atomic E-state index is 0.250. The van der Waals surface area contributed by atoms with Gasteiger partial charge in [0.15, 0.2) is 11.6 Å². The van der Waals surface area contributed by atoms with Crippen LogP contribution in [0.15, 0.2) is 104 Å². The SMILES string of the molecule is C=C/C=C\C=C(/C)C(C=C)C/C=C(\C)c1nnc(C2=CCC(C)(C)CC=C2)n1-c1ccccc1.CC. The number of nitrogens with zero attached hydrogens (tertiary/aromatic N) is 3. The number of benzene rings is 1. The Morgan fingerprint density at radius 2 is 1.78 bits per heavy atom. The quantitative estimate of drug-likeness (QED) is 0.264. The molecule has 1 atom stereocenters. The van der Waals surface area contributed by atoms with E-state index in [4.69, 9.17) is 0 Å². The van der Waals surface area contributed by atoms with E-state index in [1.54, 1.807) is 6.08 Å². The third-order valence-corrected chi connectivity index (χ3v) is 6.28. The van der Waals surface area contributed by atoms with Crippen LogP contribution in [0.4, 0.5) is 0 Å². The molecule has 2 aromatic rings. The van der Waals surface area contributed by atoms with Crippen molar-refractivity contribution in [2.24, 2.45) is 11.3 Å².